The van der Waals surface area contributed by atoms with Gasteiger partial charge in [-0.15, -0.1) is 0 Å². The normalized spacial score (nSPS) is 20.6. The van der Waals surface area contributed by atoms with Gasteiger partial charge in [0.25, 0.3) is 5.91 Å². The fourth-order valence-electron chi connectivity index (χ4n) is 5.14. The van der Waals surface area contributed by atoms with E-state index in [1.165, 1.54) is 0 Å². The number of likely N-dealkylation sites (tertiary alicyclic amines) is 1. The van der Waals surface area contributed by atoms with Gasteiger partial charge in [-0.2, -0.15) is 5.10 Å². The molecule has 2 aliphatic rings. The zero-order valence-electron chi connectivity index (χ0n) is 21.5. The highest BCUT2D eigenvalue weighted by Gasteiger charge is 2.41. The van der Waals surface area contributed by atoms with Gasteiger partial charge in [0.1, 0.15) is 11.4 Å². The predicted molar refractivity (Wildman–Crippen MR) is 138 cm³/mol. The zero-order chi connectivity index (χ0) is 25.7. The van der Waals surface area contributed by atoms with Crippen LogP contribution in [0.3, 0.4) is 0 Å². The second-order valence-electron chi connectivity index (χ2n) is 10.5. The molecular formula is C27H37ClN4O4. The molecule has 8 nitrogen and oxygen atoms in total. The van der Waals surface area contributed by atoms with Crippen LogP contribution in [0.15, 0.2) is 30.3 Å². The van der Waals surface area contributed by atoms with Crippen molar-refractivity contribution in [2.24, 2.45) is 18.4 Å². The van der Waals surface area contributed by atoms with Crippen molar-refractivity contribution in [2.75, 3.05) is 46.0 Å². The monoisotopic (exact) mass is 516 g/mol. The fraction of sp³-hybridized carbons (Fsp3) is 0.593. The predicted octanol–water partition coefficient (Wildman–Crippen LogP) is 3.82. The highest BCUT2D eigenvalue weighted by molar-refractivity contribution is 6.30. The fourth-order valence-corrected chi connectivity index (χ4v) is 5.32. The summed E-state index contributed by atoms with van der Waals surface area (Å²) in [5.41, 5.74) is 1.01. The molecule has 9 heteroatoms. The van der Waals surface area contributed by atoms with Crippen LogP contribution in [0, 0.1) is 11.3 Å². The van der Waals surface area contributed by atoms with Crippen LogP contribution in [0.1, 0.15) is 49.3 Å². The number of morpholine rings is 1. The molecule has 0 radical (unpaired) electrons. The number of hydrogen-bond acceptors (Lipinski definition) is 5. The Hall–Kier alpha value is -2.58. The Bertz CT molecular complexity index is 1070. The number of piperidine rings is 1. The van der Waals surface area contributed by atoms with Gasteiger partial charge in [-0.1, -0.05) is 31.5 Å². The number of aryl methyl sites for hydroxylation is 1. The molecule has 3 heterocycles. The molecule has 1 aromatic heterocycles. The number of nitrogens with zero attached hydrogens (tertiary/aromatic N) is 4. The molecule has 0 aliphatic carbocycles. The summed E-state index contributed by atoms with van der Waals surface area (Å²) in [5, 5.41) is 5.15. The molecule has 1 atom stereocenters. The van der Waals surface area contributed by atoms with E-state index in [4.69, 9.17) is 21.1 Å². The maximum Gasteiger partial charge on any atom is 0.272 e. The van der Waals surface area contributed by atoms with E-state index in [2.05, 4.69) is 18.9 Å². The summed E-state index contributed by atoms with van der Waals surface area (Å²) in [6, 6.07) is 9.18. The SMILES string of the molecule is CC(C)Cc1cc(C(=O)N2CCCC(COc3cccc(Cl)c3)(CC(=O)N3CCOCC3)C2)n(C)n1. The number of aromatic nitrogens is 2. The first-order chi connectivity index (χ1) is 17.2. The summed E-state index contributed by atoms with van der Waals surface area (Å²) >= 11 is 6.15. The number of hydrogen-bond donors (Lipinski definition) is 0. The van der Waals surface area contributed by atoms with E-state index in [0.717, 1.165) is 25.0 Å². The van der Waals surface area contributed by atoms with Crippen LogP contribution in [0.25, 0.3) is 0 Å². The third-order valence-corrected chi connectivity index (χ3v) is 7.18. The van der Waals surface area contributed by atoms with E-state index in [9.17, 15) is 9.59 Å². The van der Waals surface area contributed by atoms with Crippen molar-refractivity contribution < 1.29 is 19.1 Å². The maximum atomic E-state index is 13.6. The average molecular weight is 517 g/mol. The van der Waals surface area contributed by atoms with Gasteiger partial charge in [0.05, 0.1) is 25.5 Å². The Morgan fingerprint density at radius 3 is 2.67 bits per heavy atom. The lowest BCUT2D eigenvalue weighted by atomic mass is 9.77. The standard InChI is InChI=1S/C27H37ClN4O4/c1-20(2)14-22-16-24(30(3)29-22)26(34)32-9-5-8-27(18-32,17-25(33)31-10-12-35-13-11-31)19-36-23-7-4-6-21(28)15-23/h4,6-7,15-16,20H,5,8-14,17-19H2,1-3H3. The number of carbonyl (C=O) groups excluding carboxylic acids is 2. The van der Waals surface area contributed by atoms with Crippen molar-refractivity contribution in [1.82, 2.24) is 19.6 Å². The number of amides is 2. The van der Waals surface area contributed by atoms with Crippen molar-refractivity contribution >= 4 is 23.4 Å². The average Bonchev–Trinajstić information content (AvgIpc) is 3.22. The molecule has 1 unspecified atom stereocenters. The van der Waals surface area contributed by atoms with Crippen molar-refractivity contribution in [3.05, 3.63) is 46.7 Å². The summed E-state index contributed by atoms with van der Waals surface area (Å²) in [5.74, 6) is 1.15. The van der Waals surface area contributed by atoms with Gasteiger partial charge < -0.3 is 19.3 Å². The van der Waals surface area contributed by atoms with Crippen molar-refractivity contribution in [2.45, 2.75) is 39.5 Å². The first-order valence-electron chi connectivity index (χ1n) is 12.8. The molecule has 0 N–H and O–H groups in total. The molecule has 196 valence electrons. The summed E-state index contributed by atoms with van der Waals surface area (Å²) in [7, 11) is 1.82. The Morgan fingerprint density at radius 2 is 1.94 bits per heavy atom. The van der Waals surface area contributed by atoms with Gasteiger partial charge in [0.2, 0.25) is 5.91 Å². The highest BCUT2D eigenvalue weighted by Crippen LogP contribution is 2.36. The van der Waals surface area contributed by atoms with E-state index < -0.39 is 5.41 Å². The molecule has 1 aromatic carbocycles. The minimum atomic E-state index is -0.495. The van der Waals surface area contributed by atoms with Crippen LogP contribution in [0.4, 0.5) is 0 Å². The smallest absolute Gasteiger partial charge is 0.272 e. The van der Waals surface area contributed by atoms with Crippen molar-refractivity contribution in [3.63, 3.8) is 0 Å². The lowest BCUT2D eigenvalue weighted by Crippen LogP contribution is -2.52. The lowest BCUT2D eigenvalue weighted by molar-refractivity contribution is -0.139. The van der Waals surface area contributed by atoms with E-state index in [0.29, 0.717) is 74.8 Å². The molecule has 2 saturated heterocycles. The Morgan fingerprint density at radius 1 is 1.17 bits per heavy atom. The van der Waals surface area contributed by atoms with Gasteiger partial charge in [0.15, 0.2) is 0 Å². The Kier molecular flexibility index (Phi) is 8.57. The zero-order valence-corrected chi connectivity index (χ0v) is 22.3. The topological polar surface area (TPSA) is 76.9 Å². The molecule has 36 heavy (non-hydrogen) atoms. The van der Waals surface area contributed by atoms with Crippen molar-refractivity contribution in [1.29, 1.82) is 0 Å². The molecule has 4 rings (SSSR count). The minimum absolute atomic E-state index is 0.0503. The summed E-state index contributed by atoms with van der Waals surface area (Å²) in [4.78, 5) is 30.7. The Labute approximate surface area is 218 Å². The molecule has 2 amide bonds. The van der Waals surface area contributed by atoms with E-state index in [-0.39, 0.29) is 11.8 Å². The number of benzene rings is 1. The molecule has 0 spiro atoms. The Balaban J connectivity index is 1.53. The van der Waals surface area contributed by atoms with Gasteiger partial charge >= 0.3 is 0 Å². The molecule has 2 aliphatic heterocycles. The third-order valence-electron chi connectivity index (χ3n) is 6.95. The molecule has 0 saturated carbocycles. The molecular weight excluding hydrogens is 480 g/mol. The molecule has 0 bridgehead atoms. The van der Waals surface area contributed by atoms with Crippen LogP contribution in [-0.2, 0) is 23.0 Å². The molecule has 2 fully saturated rings. The summed E-state index contributed by atoms with van der Waals surface area (Å²) in [6.45, 7) is 8.02. The number of carbonyl (C=O) groups is 2. The summed E-state index contributed by atoms with van der Waals surface area (Å²) < 4.78 is 13.3. The maximum absolute atomic E-state index is 13.6. The first kappa shape index (κ1) is 26.5. The van der Waals surface area contributed by atoms with Gasteiger partial charge in [0, 0.05) is 50.1 Å². The lowest BCUT2D eigenvalue weighted by Gasteiger charge is -2.43. The van der Waals surface area contributed by atoms with E-state index >= 15 is 0 Å². The third kappa shape index (κ3) is 6.59. The van der Waals surface area contributed by atoms with Crippen molar-refractivity contribution in [3.8, 4) is 5.75 Å². The van der Waals surface area contributed by atoms with Crippen LogP contribution in [0.5, 0.6) is 5.75 Å². The quantitative estimate of drug-likeness (QED) is 0.533. The van der Waals surface area contributed by atoms with Crippen LogP contribution in [-0.4, -0.2) is 77.4 Å². The molecule has 2 aromatic rings. The highest BCUT2D eigenvalue weighted by atomic mass is 35.5. The van der Waals surface area contributed by atoms with Gasteiger partial charge in [-0.3, -0.25) is 14.3 Å². The van der Waals surface area contributed by atoms with E-state index in [1.807, 2.05) is 35.0 Å². The number of rotatable bonds is 8. The largest absolute Gasteiger partial charge is 0.493 e. The van der Waals surface area contributed by atoms with E-state index in [1.54, 1.807) is 16.8 Å². The van der Waals surface area contributed by atoms with Crippen LogP contribution < -0.4 is 4.74 Å². The number of ether oxygens (including phenoxy) is 2. The first-order valence-corrected chi connectivity index (χ1v) is 13.2. The van der Waals surface area contributed by atoms with Crippen LogP contribution in [0.2, 0.25) is 5.02 Å². The minimum Gasteiger partial charge on any atom is -0.493 e. The second kappa shape index (κ2) is 11.6. The second-order valence-corrected chi connectivity index (χ2v) is 10.9. The van der Waals surface area contributed by atoms with Gasteiger partial charge in [-0.25, -0.2) is 0 Å². The van der Waals surface area contributed by atoms with Crippen LogP contribution >= 0.6 is 11.6 Å². The summed E-state index contributed by atoms with van der Waals surface area (Å²) in [6.07, 6.45) is 2.75. The number of halogens is 1. The van der Waals surface area contributed by atoms with Gasteiger partial charge in [-0.05, 0) is 49.4 Å².